The van der Waals surface area contributed by atoms with Crippen LogP contribution >= 0.6 is 25.3 Å². The van der Waals surface area contributed by atoms with Crippen LogP contribution in [0.15, 0.2) is 0 Å². The predicted molar refractivity (Wildman–Crippen MR) is 61.6 cm³/mol. The average Bonchev–Trinajstić information content (AvgIpc) is 1.87. The van der Waals surface area contributed by atoms with Crippen molar-refractivity contribution in [1.29, 1.82) is 0 Å². The Kier molecular flexibility index (Phi) is 17.7. The van der Waals surface area contributed by atoms with Crippen LogP contribution in [0.1, 0.15) is 13.8 Å². The molecule has 0 rings (SSSR count). The summed E-state index contributed by atoms with van der Waals surface area (Å²) in [5, 5.41) is -0.782. The van der Waals surface area contributed by atoms with Crippen molar-refractivity contribution in [2.45, 2.75) is 13.8 Å². The van der Waals surface area contributed by atoms with Gasteiger partial charge in [-0.2, -0.15) is 0 Å². The van der Waals surface area contributed by atoms with Crippen molar-refractivity contribution in [3.8, 4) is 0 Å². The van der Waals surface area contributed by atoms with Crippen molar-refractivity contribution < 1.29 is 9.59 Å². The van der Waals surface area contributed by atoms with Gasteiger partial charge in [0.2, 0.25) is 0 Å². The first-order valence-corrected chi connectivity index (χ1v) is 4.31. The Hall–Kier alpha value is 0.172. The summed E-state index contributed by atoms with van der Waals surface area (Å²) < 4.78 is 0. The maximum Gasteiger partial charge on any atom is 0.278 e. The minimum Gasteiger partial charge on any atom is -0.361 e. The third-order valence-corrected chi connectivity index (χ3v) is 1.32. The standard InChI is InChI=1S/C5H11NOS.CH3NOS.Al/c1-3-6(4-2)5(7)8;2-1(3)4;/h3-4H2,1-2H3,(H,7,8);(H3,2,3,4);. The van der Waals surface area contributed by atoms with Crippen LogP contribution in [0.4, 0.5) is 9.59 Å². The molecule has 0 bridgehead atoms. The summed E-state index contributed by atoms with van der Waals surface area (Å²) >= 11 is 6.75. The molecule has 0 saturated carbocycles. The number of hydrogen-bond donors (Lipinski definition) is 3. The monoisotopic (exact) mass is 237 g/mol. The summed E-state index contributed by atoms with van der Waals surface area (Å²) in [6, 6.07) is 0. The Morgan fingerprint density at radius 1 is 1.23 bits per heavy atom. The number of carbonyl (C=O) groups is 2. The highest BCUT2D eigenvalue weighted by Gasteiger charge is 2.00. The molecule has 4 nitrogen and oxygen atoms in total. The first kappa shape index (κ1) is 18.9. The molecule has 2 amide bonds. The van der Waals surface area contributed by atoms with Crippen molar-refractivity contribution >= 4 is 53.1 Å². The molecule has 0 heterocycles. The molecule has 0 spiro atoms. The van der Waals surface area contributed by atoms with Crippen LogP contribution in [0.2, 0.25) is 0 Å². The molecule has 0 unspecified atom stereocenters. The van der Waals surface area contributed by atoms with Gasteiger partial charge in [0.05, 0.1) is 0 Å². The summed E-state index contributed by atoms with van der Waals surface area (Å²) in [5.74, 6) is 0. The Bertz CT molecular complexity index is 150. The molecular weight excluding hydrogens is 223 g/mol. The molecule has 0 atom stereocenters. The molecule has 2 N–H and O–H groups in total. The average molecular weight is 237 g/mol. The molecular formula is C6H14AlN2O2S2. The number of carbonyl (C=O) groups excluding carboxylic acids is 2. The van der Waals surface area contributed by atoms with Gasteiger partial charge in [0, 0.05) is 30.5 Å². The van der Waals surface area contributed by atoms with E-state index in [0.717, 1.165) is 13.1 Å². The molecule has 75 valence electrons. The lowest BCUT2D eigenvalue weighted by atomic mass is 10.6. The van der Waals surface area contributed by atoms with E-state index < -0.39 is 5.24 Å². The van der Waals surface area contributed by atoms with Gasteiger partial charge in [0.1, 0.15) is 0 Å². The van der Waals surface area contributed by atoms with Gasteiger partial charge in [-0.05, 0) is 13.8 Å². The van der Waals surface area contributed by atoms with Crippen LogP contribution in [-0.4, -0.2) is 45.8 Å². The lowest BCUT2D eigenvalue weighted by molar-refractivity contribution is 0.229. The van der Waals surface area contributed by atoms with Crippen LogP contribution < -0.4 is 5.73 Å². The van der Waals surface area contributed by atoms with Gasteiger partial charge in [-0.15, -0.1) is 0 Å². The molecule has 3 radical (unpaired) electrons. The van der Waals surface area contributed by atoms with Crippen LogP contribution in [0.25, 0.3) is 0 Å². The van der Waals surface area contributed by atoms with E-state index in [9.17, 15) is 4.79 Å². The SMILES string of the molecule is CCN(CC)C(=O)S.NC(=O)S.[Al]. The predicted octanol–water partition coefficient (Wildman–Crippen LogP) is 0.992. The van der Waals surface area contributed by atoms with Crippen LogP contribution in [0, 0.1) is 0 Å². The maximum absolute atomic E-state index is 10.4. The van der Waals surface area contributed by atoms with Gasteiger partial charge in [-0.25, -0.2) is 0 Å². The zero-order valence-electron chi connectivity index (χ0n) is 7.73. The smallest absolute Gasteiger partial charge is 0.278 e. The van der Waals surface area contributed by atoms with E-state index in [0.29, 0.717) is 0 Å². The van der Waals surface area contributed by atoms with E-state index in [-0.39, 0.29) is 22.6 Å². The lowest BCUT2D eigenvalue weighted by Gasteiger charge is -2.13. The summed E-state index contributed by atoms with van der Waals surface area (Å²) in [4.78, 5) is 21.1. The normalized spacial score (nSPS) is 7.38. The third kappa shape index (κ3) is 18.9. The number of primary amides is 1. The van der Waals surface area contributed by atoms with E-state index in [4.69, 9.17) is 4.79 Å². The topological polar surface area (TPSA) is 63.4 Å². The van der Waals surface area contributed by atoms with E-state index in [2.05, 4.69) is 31.0 Å². The molecule has 0 aliphatic heterocycles. The first-order valence-electron chi connectivity index (χ1n) is 3.41. The molecule has 0 aromatic carbocycles. The Labute approximate surface area is 100 Å². The van der Waals surface area contributed by atoms with Crippen molar-refractivity contribution in [2.75, 3.05) is 13.1 Å². The highest BCUT2D eigenvalue weighted by Crippen LogP contribution is 1.92. The summed E-state index contributed by atoms with van der Waals surface area (Å²) in [5.41, 5.74) is 4.34. The molecule has 0 aliphatic carbocycles. The molecule has 0 fully saturated rings. The number of nitrogens with two attached hydrogens (primary N) is 1. The Balaban J connectivity index is -0.000000173. The fourth-order valence-electron chi connectivity index (χ4n) is 0.494. The summed E-state index contributed by atoms with van der Waals surface area (Å²) in [6.45, 7) is 5.35. The number of rotatable bonds is 2. The second-order valence-corrected chi connectivity index (χ2v) is 2.62. The first-order chi connectivity index (χ1) is 5.45. The lowest BCUT2D eigenvalue weighted by Crippen LogP contribution is -2.24. The van der Waals surface area contributed by atoms with E-state index in [1.54, 1.807) is 4.90 Å². The van der Waals surface area contributed by atoms with Gasteiger partial charge >= 0.3 is 0 Å². The van der Waals surface area contributed by atoms with Crippen molar-refractivity contribution in [1.82, 2.24) is 4.90 Å². The van der Waals surface area contributed by atoms with Crippen molar-refractivity contribution in [3.05, 3.63) is 0 Å². The molecule has 0 aromatic rings. The third-order valence-electron chi connectivity index (χ3n) is 1.03. The Morgan fingerprint density at radius 3 is 1.46 bits per heavy atom. The van der Waals surface area contributed by atoms with E-state index in [1.807, 2.05) is 13.8 Å². The van der Waals surface area contributed by atoms with E-state index in [1.165, 1.54) is 0 Å². The molecule has 0 aliphatic rings. The number of thiol groups is 2. The zero-order valence-corrected chi connectivity index (χ0v) is 10.7. The largest absolute Gasteiger partial charge is 0.361 e. The minimum absolute atomic E-state index is 0. The summed E-state index contributed by atoms with van der Waals surface area (Å²) in [7, 11) is 0. The van der Waals surface area contributed by atoms with Gasteiger partial charge < -0.3 is 10.6 Å². The van der Waals surface area contributed by atoms with Crippen LogP contribution in [-0.2, 0) is 0 Å². The molecule has 7 heteroatoms. The number of nitrogens with zero attached hydrogens (tertiary/aromatic N) is 1. The molecule has 0 aromatic heterocycles. The second-order valence-electron chi connectivity index (χ2n) is 1.79. The number of hydrogen-bond acceptors (Lipinski definition) is 2. The fraction of sp³-hybridized carbons (Fsp3) is 0.667. The van der Waals surface area contributed by atoms with Gasteiger partial charge in [-0.1, -0.05) is 25.3 Å². The van der Waals surface area contributed by atoms with E-state index >= 15 is 0 Å². The fourth-order valence-corrected chi connectivity index (χ4v) is 0.777. The quantitative estimate of drug-likeness (QED) is 0.495. The number of amides is 2. The zero-order chi connectivity index (χ0) is 10.1. The van der Waals surface area contributed by atoms with Gasteiger partial charge in [-0.3, -0.25) is 9.59 Å². The molecule has 0 saturated heterocycles. The van der Waals surface area contributed by atoms with Gasteiger partial charge in [0.25, 0.3) is 10.5 Å². The van der Waals surface area contributed by atoms with Crippen LogP contribution in [0.3, 0.4) is 0 Å². The minimum atomic E-state index is -0.639. The second kappa shape index (κ2) is 12.2. The summed E-state index contributed by atoms with van der Waals surface area (Å²) in [6.07, 6.45) is 0. The van der Waals surface area contributed by atoms with Crippen molar-refractivity contribution in [3.63, 3.8) is 0 Å². The Morgan fingerprint density at radius 2 is 1.46 bits per heavy atom. The van der Waals surface area contributed by atoms with Crippen LogP contribution in [0.5, 0.6) is 0 Å². The van der Waals surface area contributed by atoms with Gasteiger partial charge in [0.15, 0.2) is 0 Å². The highest BCUT2D eigenvalue weighted by atomic mass is 32.1. The maximum atomic E-state index is 10.4. The highest BCUT2D eigenvalue weighted by molar-refractivity contribution is 7.96. The van der Waals surface area contributed by atoms with Crippen molar-refractivity contribution in [2.24, 2.45) is 5.73 Å². The molecule has 13 heavy (non-hydrogen) atoms.